The molecule has 0 aromatic carbocycles. The number of nitrogens with two attached hydrogens (primary N) is 1. The zero-order valence-corrected chi connectivity index (χ0v) is 11.2. The maximum absolute atomic E-state index is 10.7. The van der Waals surface area contributed by atoms with Gasteiger partial charge in [0.05, 0.1) is 5.75 Å². The minimum Gasteiger partial charge on any atom is -0.480 e. The molecule has 0 aliphatic rings. The number of nitrogens with zero attached hydrogens (tertiary/aromatic N) is 1. The van der Waals surface area contributed by atoms with Gasteiger partial charge in [0, 0.05) is 5.75 Å². The van der Waals surface area contributed by atoms with E-state index < -0.39 is 24.0 Å². The van der Waals surface area contributed by atoms with Gasteiger partial charge in [-0.05, 0) is 0 Å². The van der Waals surface area contributed by atoms with Gasteiger partial charge in [-0.15, -0.1) is 0 Å². The second kappa shape index (κ2) is 8.01. The van der Waals surface area contributed by atoms with E-state index >= 15 is 0 Å². The van der Waals surface area contributed by atoms with Gasteiger partial charge in [0.15, 0.2) is 0 Å². The number of aliphatic carboxylic acids is 2. The molecule has 0 aromatic rings. The minimum atomic E-state index is -1.10. The molecule has 0 aliphatic carbocycles. The van der Waals surface area contributed by atoms with Crippen LogP contribution in [0.3, 0.4) is 0 Å². The third-order valence-electron chi connectivity index (χ3n) is 1.41. The van der Waals surface area contributed by atoms with Crippen molar-refractivity contribution < 1.29 is 23.2 Å². The molecule has 0 aliphatic heterocycles. The van der Waals surface area contributed by atoms with E-state index in [1.807, 2.05) is 0 Å². The van der Waals surface area contributed by atoms with Crippen LogP contribution in [-0.2, 0) is 34.8 Å². The molecule has 0 amide bonds. The molecule has 0 bridgehead atoms. The summed E-state index contributed by atoms with van der Waals surface area (Å²) in [6, 6.07) is -1.90. The number of hydrogen-bond acceptors (Lipinski definition) is 7. The van der Waals surface area contributed by atoms with Crippen molar-refractivity contribution in [3.8, 4) is 0 Å². The van der Waals surface area contributed by atoms with Crippen LogP contribution in [0.5, 0.6) is 0 Å². The molecule has 0 aromatic heterocycles. The Balaban J connectivity index is 3.84. The first-order valence-electron chi connectivity index (χ1n) is 3.95. The Morgan fingerprint density at radius 1 is 1.31 bits per heavy atom. The highest BCUT2D eigenvalue weighted by Crippen LogP contribution is 2.23. The largest absolute Gasteiger partial charge is 0.480 e. The molecule has 0 fully saturated rings. The first kappa shape index (κ1) is 15.8. The van der Waals surface area contributed by atoms with E-state index in [2.05, 4.69) is 25.2 Å². The Bertz CT molecular complexity index is 274. The average molecular weight is 302 g/mol. The zero-order chi connectivity index (χ0) is 12.7. The van der Waals surface area contributed by atoms with E-state index in [1.54, 1.807) is 0 Å². The summed E-state index contributed by atoms with van der Waals surface area (Å²) in [5, 5.41) is 17.2. The SMILES string of the molecule is N[C@@H](CSSC[C@@H](C(=O)O)[N+](=S)[S-])C(=O)O. The van der Waals surface area contributed by atoms with Crippen molar-refractivity contribution in [2.24, 2.45) is 5.73 Å². The van der Waals surface area contributed by atoms with Gasteiger partial charge in [0.1, 0.15) is 6.04 Å². The number of carboxylic acid groups (broad SMARTS) is 2. The van der Waals surface area contributed by atoms with Crippen molar-refractivity contribution in [1.29, 1.82) is 0 Å². The summed E-state index contributed by atoms with van der Waals surface area (Å²) in [4.78, 5) is 21.0. The highest BCUT2D eigenvalue weighted by molar-refractivity contribution is 8.76. The molecule has 0 spiro atoms. The van der Waals surface area contributed by atoms with Crippen molar-refractivity contribution in [3.05, 3.63) is 0 Å². The predicted molar refractivity (Wildman–Crippen MR) is 66.9 cm³/mol. The lowest BCUT2D eigenvalue weighted by Gasteiger charge is -2.09. The first-order valence-corrected chi connectivity index (χ1v) is 7.17. The molecule has 10 heteroatoms. The molecule has 92 valence electrons. The van der Waals surface area contributed by atoms with E-state index in [0.717, 1.165) is 3.35 Å². The number of rotatable bonds is 8. The quantitative estimate of drug-likeness (QED) is 0.235. The van der Waals surface area contributed by atoms with Crippen LogP contribution in [0.25, 0.3) is 0 Å². The summed E-state index contributed by atoms with van der Waals surface area (Å²) >= 11 is 9.09. The minimum absolute atomic E-state index is 0.180. The average Bonchev–Trinajstić information content (AvgIpc) is 2.15. The van der Waals surface area contributed by atoms with Crippen LogP contribution in [0.4, 0.5) is 0 Å². The van der Waals surface area contributed by atoms with Crippen molar-refractivity contribution in [2.75, 3.05) is 11.5 Å². The highest BCUT2D eigenvalue weighted by Gasteiger charge is 2.24. The summed E-state index contributed by atoms with van der Waals surface area (Å²) < 4.78 is 0.771. The summed E-state index contributed by atoms with van der Waals surface area (Å²) in [5.41, 5.74) is 5.25. The van der Waals surface area contributed by atoms with Crippen LogP contribution in [0.2, 0.25) is 0 Å². The maximum Gasteiger partial charge on any atom is 0.373 e. The second-order valence-corrected chi connectivity index (χ2v) is 6.22. The third kappa shape index (κ3) is 6.43. The lowest BCUT2D eigenvalue weighted by Crippen LogP contribution is -2.33. The Labute approximate surface area is 111 Å². The fourth-order valence-corrected chi connectivity index (χ4v) is 3.35. The van der Waals surface area contributed by atoms with Crippen LogP contribution >= 0.6 is 21.6 Å². The van der Waals surface area contributed by atoms with Crippen LogP contribution in [0.15, 0.2) is 0 Å². The van der Waals surface area contributed by atoms with E-state index in [0.29, 0.717) is 0 Å². The Hall–Kier alpha value is -0.160. The molecule has 16 heavy (non-hydrogen) atoms. The number of carbonyl (C=O) groups is 2. The predicted octanol–water partition coefficient (Wildman–Crippen LogP) is -0.562. The summed E-state index contributed by atoms with van der Waals surface area (Å²) in [6.07, 6.45) is 0. The second-order valence-electron chi connectivity index (χ2n) is 2.65. The smallest absolute Gasteiger partial charge is 0.373 e. The summed E-state index contributed by atoms with van der Waals surface area (Å²) in [5.74, 6) is -1.81. The van der Waals surface area contributed by atoms with Gasteiger partial charge in [-0.3, -0.25) is 4.79 Å². The number of carboxylic acids is 2. The first-order chi connectivity index (χ1) is 7.36. The molecule has 4 N–H and O–H groups in total. The Kier molecular flexibility index (Phi) is 7.93. The van der Waals surface area contributed by atoms with E-state index in [4.69, 9.17) is 15.9 Å². The van der Waals surface area contributed by atoms with Crippen LogP contribution in [0, 0.1) is 0 Å². The molecule has 2 atom stereocenters. The summed E-state index contributed by atoms with van der Waals surface area (Å²) in [7, 11) is 2.36. The molecule has 0 saturated heterocycles. The van der Waals surface area contributed by atoms with Crippen molar-refractivity contribution >= 4 is 58.8 Å². The van der Waals surface area contributed by atoms with Crippen molar-refractivity contribution in [3.63, 3.8) is 0 Å². The Morgan fingerprint density at radius 3 is 2.19 bits per heavy atom. The van der Waals surface area contributed by atoms with Crippen LogP contribution in [0.1, 0.15) is 0 Å². The van der Waals surface area contributed by atoms with Gasteiger partial charge in [-0.1, -0.05) is 46.8 Å². The van der Waals surface area contributed by atoms with E-state index in [1.165, 1.54) is 21.6 Å². The van der Waals surface area contributed by atoms with Gasteiger partial charge in [-0.2, -0.15) is 0 Å². The molecular weight excluding hydrogens is 292 g/mol. The maximum atomic E-state index is 10.7. The zero-order valence-electron chi connectivity index (χ0n) is 7.94. The lowest BCUT2D eigenvalue weighted by molar-refractivity contribution is -0.348. The molecule has 6 nitrogen and oxygen atoms in total. The van der Waals surface area contributed by atoms with E-state index in [-0.39, 0.29) is 11.5 Å². The van der Waals surface area contributed by atoms with Crippen LogP contribution < -0.4 is 5.73 Å². The van der Waals surface area contributed by atoms with Crippen molar-refractivity contribution in [2.45, 2.75) is 12.1 Å². The topological polar surface area (TPSA) is 104 Å². The monoisotopic (exact) mass is 302 g/mol. The fraction of sp³-hybridized carbons (Fsp3) is 0.667. The van der Waals surface area contributed by atoms with Gasteiger partial charge in [0.2, 0.25) is 0 Å². The standard InChI is InChI=1S/C6H10N2O4S4/c7-3(5(9)10)1-15-16-2-4(6(11)12)8(13)14/h3-4H,1-2,7H2,(H,9,10)(H,11,12)/t3-,4-/m0/s1. The molecule has 0 heterocycles. The molecule has 0 rings (SSSR count). The molecule has 0 radical (unpaired) electrons. The van der Waals surface area contributed by atoms with Gasteiger partial charge < -0.3 is 15.9 Å². The van der Waals surface area contributed by atoms with Crippen molar-refractivity contribution in [1.82, 2.24) is 0 Å². The molecule has 0 saturated carbocycles. The van der Waals surface area contributed by atoms with Gasteiger partial charge >= 0.3 is 11.9 Å². The van der Waals surface area contributed by atoms with Gasteiger partial charge in [-0.25, -0.2) is 8.15 Å². The van der Waals surface area contributed by atoms with Crippen LogP contribution in [-0.4, -0.2) is 49.1 Å². The van der Waals surface area contributed by atoms with Gasteiger partial charge in [0.25, 0.3) is 6.04 Å². The molecule has 0 unspecified atom stereocenters. The lowest BCUT2D eigenvalue weighted by atomic mass is 10.4. The highest BCUT2D eigenvalue weighted by atomic mass is 33.1. The fourth-order valence-electron chi connectivity index (χ4n) is 0.528. The summed E-state index contributed by atoms with van der Waals surface area (Å²) in [6.45, 7) is 0. The third-order valence-corrected chi connectivity index (χ3v) is 4.35. The van der Waals surface area contributed by atoms with E-state index in [9.17, 15) is 9.59 Å². The number of hydrogen-bond donors (Lipinski definition) is 3. The Morgan fingerprint density at radius 2 is 1.81 bits per heavy atom. The normalized spacial score (nSPS) is 14.1. The molecular formula is C6H10N2O4S4.